The molecule has 0 fully saturated rings. The Hall–Kier alpha value is -0.670. The highest BCUT2D eigenvalue weighted by Crippen LogP contribution is 2.12. The summed E-state index contributed by atoms with van der Waals surface area (Å²) in [7, 11) is 1.64. The number of aldehydes is 1. The zero-order valence-electron chi connectivity index (χ0n) is 5.66. The molecule has 0 aromatic carbocycles. The Bertz CT molecular complexity index is 217. The number of rotatable bonds is 3. The fraction of sp³-hybridized carbons (Fsp3) is 0.286. The first kappa shape index (κ1) is 7.44. The van der Waals surface area contributed by atoms with Gasteiger partial charge in [-0.1, -0.05) is 0 Å². The number of methoxy groups -OCH3 is 1. The Kier molecular flexibility index (Phi) is 2.59. The molecule has 0 amide bonds. The van der Waals surface area contributed by atoms with Gasteiger partial charge in [-0.3, -0.25) is 4.79 Å². The van der Waals surface area contributed by atoms with E-state index < -0.39 is 0 Å². The molecule has 0 radical (unpaired) electrons. The Balaban J connectivity index is 2.68. The van der Waals surface area contributed by atoms with Crippen molar-refractivity contribution < 1.29 is 9.53 Å². The molecule has 0 aliphatic rings. The van der Waals surface area contributed by atoms with E-state index in [1.807, 2.05) is 11.4 Å². The van der Waals surface area contributed by atoms with Gasteiger partial charge in [0.1, 0.15) is 0 Å². The van der Waals surface area contributed by atoms with Crippen molar-refractivity contribution in [1.29, 1.82) is 0 Å². The van der Waals surface area contributed by atoms with E-state index in [0.717, 1.165) is 16.7 Å². The molecule has 0 aliphatic heterocycles. The van der Waals surface area contributed by atoms with Gasteiger partial charge in [-0.05, 0) is 17.0 Å². The summed E-state index contributed by atoms with van der Waals surface area (Å²) in [5.74, 6) is 0. The summed E-state index contributed by atoms with van der Waals surface area (Å²) in [5.41, 5.74) is 1.06. The number of ether oxygens (including phenoxy) is 1. The third kappa shape index (κ3) is 1.65. The van der Waals surface area contributed by atoms with Crippen LogP contribution in [0.4, 0.5) is 0 Å². The topological polar surface area (TPSA) is 26.3 Å². The number of hydrogen-bond donors (Lipinski definition) is 0. The van der Waals surface area contributed by atoms with Crippen LogP contribution in [-0.4, -0.2) is 13.4 Å². The summed E-state index contributed by atoms with van der Waals surface area (Å²) in [6, 6.07) is 1.83. The van der Waals surface area contributed by atoms with E-state index in [0.29, 0.717) is 6.61 Å². The molecule has 0 saturated carbocycles. The van der Waals surface area contributed by atoms with Crippen molar-refractivity contribution in [3.63, 3.8) is 0 Å². The van der Waals surface area contributed by atoms with Gasteiger partial charge in [-0.25, -0.2) is 0 Å². The van der Waals surface area contributed by atoms with Crippen molar-refractivity contribution >= 4 is 17.6 Å². The fourth-order valence-electron chi connectivity index (χ4n) is 0.699. The average Bonchev–Trinajstić information content (AvgIpc) is 2.37. The molecule has 2 nitrogen and oxygen atoms in total. The van der Waals surface area contributed by atoms with Gasteiger partial charge >= 0.3 is 0 Å². The third-order valence-electron chi connectivity index (χ3n) is 1.10. The van der Waals surface area contributed by atoms with Crippen molar-refractivity contribution in [3.05, 3.63) is 21.9 Å². The molecule has 0 N–H and O–H groups in total. The quantitative estimate of drug-likeness (QED) is 0.623. The van der Waals surface area contributed by atoms with Crippen LogP contribution in [0.15, 0.2) is 11.4 Å². The van der Waals surface area contributed by atoms with Gasteiger partial charge in [-0.2, -0.15) is 0 Å². The number of thiophene rings is 1. The first-order valence-electron chi connectivity index (χ1n) is 2.88. The van der Waals surface area contributed by atoms with Crippen LogP contribution in [-0.2, 0) is 11.3 Å². The molecule has 0 unspecified atom stereocenters. The summed E-state index contributed by atoms with van der Waals surface area (Å²) >= 11 is 1.44. The maximum atomic E-state index is 10.2. The minimum Gasteiger partial charge on any atom is -0.380 e. The molecule has 1 aromatic rings. The van der Waals surface area contributed by atoms with Crippen molar-refractivity contribution in [2.45, 2.75) is 6.61 Å². The van der Waals surface area contributed by atoms with E-state index in [1.54, 1.807) is 7.11 Å². The number of carbonyl (C=O) groups is 1. The van der Waals surface area contributed by atoms with Crippen molar-refractivity contribution in [1.82, 2.24) is 0 Å². The highest BCUT2D eigenvalue weighted by molar-refractivity contribution is 7.11. The maximum Gasteiger partial charge on any atom is 0.160 e. The van der Waals surface area contributed by atoms with E-state index in [1.165, 1.54) is 11.3 Å². The van der Waals surface area contributed by atoms with Crippen molar-refractivity contribution in [3.8, 4) is 0 Å². The van der Waals surface area contributed by atoms with Gasteiger partial charge in [0.2, 0.25) is 0 Å². The maximum absolute atomic E-state index is 10.2. The van der Waals surface area contributed by atoms with Gasteiger partial charge < -0.3 is 4.74 Å². The standard InChI is InChI=1S/C7H8O2S/c1-9-4-6-2-7(3-8)10-5-6/h2-3,5H,4H2,1H3. The Morgan fingerprint density at radius 2 is 2.60 bits per heavy atom. The predicted octanol–water partition coefficient (Wildman–Crippen LogP) is 1.71. The number of carbonyl (C=O) groups excluding carboxylic acids is 1. The van der Waals surface area contributed by atoms with E-state index in [9.17, 15) is 4.79 Å². The molecule has 0 spiro atoms. The summed E-state index contributed by atoms with van der Waals surface area (Å²) in [5, 5.41) is 1.92. The Labute approximate surface area is 63.4 Å². The molecule has 0 aliphatic carbocycles. The van der Waals surface area contributed by atoms with Gasteiger partial charge in [0, 0.05) is 7.11 Å². The van der Waals surface area contributed by atoms with Crippen LogP contribution in [0.1, 0.15) is 15.2 Å². The monoisotopic (exact) mass is 156 g/mol. The summed E-state index contributed by atoms with van der Waals surface area (Å²) in [6.45, 7) is 0.588. The second-order valence-corrected chi connectivity index (χ2v) is 2.85. The van der Waals surface area contributed by atoms with Gasteiger partial charge in [0.05, 0.1) is 11.5 Å². The largest absolute Gasteiger partial charge is 0.380 e. The van der Waals surface area contributed by atoms with Gasteiger partial charge in [-0.15, -0.1) is 11.3 Å². The first-order chi connectivity index (χ1) is 4.86. The second-order valence-electron chi connectivity index (χ2n) is 1.91. The van der Waals surface area contributed by atoms with Crippen molar-refractivity contribution in [2.75, 3.05) is 7.11 Å². The second kappa shape index (κ2) is 3.49. The van der Waals surface area contributed by atoms with E-state index in [-0.39, 0.29) is 0 Å². The van der Waals surface area contributed by atoms with Crippen LogP contribution < -0.4 is 0 Å². The van der Waals surface area contributed by atoms with Crippen LogP contribution in [0.3, 0.4) is 0 Å². The third-order valence-corrected chi connectivity index (χ3v) is 2.01. The molecule has 0 bridgehead atoms. The molecule has 0 saturated heterocycles. The van der Waals surface area contributed by atoms with Gasteiger partial charge in [0.25, 0.3) is 0 Å². The lowest BCUT2D eigenvalue weighted by molar-refractivity contribution is 0.112. The molecular weight excluding hydrogens is 148 g/mol. The van der Waals surface area contributed by atoms with Crippen molar-refractivity contribution in [2.24, 2.45) is 0 Å². The van der Waals surface area contributed by atoms with E-state index in [4.69, 9.17) is 4.74 Å². The minimum atomic E-state index is 0.588. The Morgan fingerprint density at radius 3 is 3.10 bits per heavy atom. The smallest absolute Gasteiger partial charge is 0.160 e. The molecule has 1 aromatic heterocycles. The molecule has 0 atom stereocenters. The lowest BCUT2D eigenvalue weighted by Gasteiger charge is -1.89. The van der Waals surface area contributed by atoms with Gasteiger partial charge in [0.15, 0.2) is 6.29 Å². The van der Waals surface area contributed by atoms with Crippen LogP contribution in [0.25, 0.3) is 0 Å². The molecule has 1 heterocycles. The predicted molar refractivity (Wildman–Crippen MR) is 40.4 cm³/mol. The number of hydrogen-bond acceptors (Lipinski definition) is 3. The van der Waals surface area contributed by atoms with E-state index in [2.05, 4.69) is 0 Å². The summed E-state index contributed by atoms with van der Waals surface area (Å²) < 4.78 is 4.88. The zero-order chi connectivity index (χ0) is 7.40. The Morgan fingerprint density at radius 1 is 1.80 bits per heavy atom. The highest BCUT2D eigenvalue weighted by atomic mass is 32.1. The molecule has 54 valence electrons. The van der Waals surface area contributed by atoms with E-state index >= 15 is 0 Å². The SMILES string of the molecule is COCc1csc(C=O)c1. The highest BCUT2D eigenvalue weighted by Gasteiger charge is 1.96. The first-order valence-corrected chi connectivity index (χ1v) is 3.76. The average molecular weight is 156 g/mol. The lowest BCUT2D eigenvalue weighted by Crippen LogP contribution is -1.82. The normalized spacial score (nSPS) is 9.70. The molecule has 1 rings (SSSR count). The van der Waals surface area contributed by atoms with Crippen LogP contribution in [0, 0.1) is 0 Å². The van der Waals surface area contributed by atoms with Crippen LogP contribution in [0.5, 0.6) is 0 Å². The molecule has 10 heavy (non-hydrogen) atoms. The summed E-state index contributed by atoms with van der Waals surface area (Å²) in [6.07, 6.45) is 0.851. The van der Waals surface area contributed by atoms with Crippen LogP contribution in [0.2, 0.25) is 0 Å². The minimum absolute atomic E-state index is 0.588. The summed E-state index contributed by atoms with van der Waals surface area (Å²) in [4.78, 5) is 11.0. The lowest BCUT2D eigenvalue weighted by atomic mass is 10.3. The fourth-order valence-corrected chi connectivity index (χ4v) is 1.40. The van der Waals surface area contributed by atoms with Crippen LogP contribution >= 0.6 is 11.3 Å². The molecular formula is C7H8O2S. The molecule has 3 heteroatoms. The zero-order valence-corrected chi connectivity index (χ0v) is 6.48.